The van der Waals surface area contributed by atoms with Crippen LogP contribution in [0.3, 0.4) is 0 Å². The van der Waals surface area contributed by atoms with Crippen LogP contribution in [0.25, 0.3) is 0 Å². The van der Waals surface area contributed by atoms with E-state index in [1.165, 1.54) is 18.3 Å². The molecule has 0 bridgehead atoms. The Morgan fingerprint density at radius 2 is 2.16 bits per heavy atom. The lowest BCUT2D eigenvalue weighted by atomic mass is 9.88. The SMILES string of the molecule is CC1(C)CCCC1NS(=O)(=O)c1ccc(NN)nc1. The molecule has 2 rings (SSSR count). The van der Waals surface area contributed by atoms with Crippen LogP contribution in [-0.4, -0.2) is 19.4 Å². The summed E-state index contributed by atoms with van der Waals surface area (Å²) in [5.74, 6) is 5.63. The van der Waals surface area contributed by atoms with Gasteiger partial charge in [0.1, 0.15) is 10.7 Å². The average Bonchev–Trinajstić information content (AvgIpc) is 2.68. The summed E-state index contributed by atoms with van der Waals surface area (Å²) in [6.07, 6.45) is 4.27. The van der Waals surface area contributed by atoms with Gasteiger partial charge in [-0.3, -0.25) is 0 Å². The molecule has 1 aromatic heterocycles. The van der Waals surface area contributed by atoms with Crippen molar-refractivity contribution in [1.29, 1.82) is 0 Å². The molecule has 1 aliphatic carbocycles. The first-order valence-electron chi connectivity index (χ1n) is 6.30. The van der Waals surface area contributed by atoms with Gasteiger partial charge in [-0.05, 0) is 30.4 Å². The van der Waals surface area contributed by atoms with Gasteiger partial charge in [0.05, 0.1) is 0 Å². The van der Waals surface area contributed by atoms with Crippen LogP contribution < -0.4 is 16.0 Å². The molecule has 4 N–H and O–H groups in total. The molecular weight excluding hydrogens is 264 g/mol. The largest absolute Gasteiger partial charge is 0.308 e. The normalized spacial score (nSPS) is 22.4. The fraction of sp³-hybridized carbons (Fsp3) is 0.583. The number of pyridine rings is 1. The van der Waals surface area contributed by atoms with Crippen LogP contribution in [0.1, 0.15) is 33.1 Å². The number of rotatable bonds is 4. The number of sulfonamides is 1. The van der Waals surface area contributed by atoms with Gasteiger partial charge in [0, 0.05) is 12.2 Å². The highest BCUT2D eigenvalue weighted by atomic mass is 32.2. The van der Waals surface area contributed by atoms with Crippen LogP contribution in [0.15, 0.2) is 23.2 Å². The molecule has 1 unspecified atom stereocenters. The molecule has 0 aliphatic heterocycles. The second kappa shape index (κ2) is 5.07. The van der Waals surface area contributed by atoms with E-state index in [0.717, 1.165) is 19.3 Å². The molecule has 1 aliphatic rings. The quantitative estimate of drug-likeness (QED) is 0.570. The molecule has 0 amide bonds. The molecule has 0 aromatic carbocycles. The molecule has 0 radical (unpaired) electrons. The van der Waals surface area contributed by atoms with Crippen molar-refractivity contribution in [2.45, 2.75) is 44.0 Å². The number of nitrogens with zero attached hydrogens (tertiary/aromatic N) is 1. The molecule has 0 spiro atoms. The van der Waals surface area contributed by atoms with Crippen LogP contribution in [0, 0.1) is 5.41 Å². The molecule has 1 heterocycles. The molecule has 0 saturated heterocycles. The maximum Gasteiger partial charge on any atom is 0.242 e. The third-order valence-electron chi connectivity index (χ3n) is 3.75. The Bertz CT molecular complexity index is 539. The fourth-order valence-corrected chi connectivity index (χ4v) is 3.81. The van der Waals surface area contributed by atoms with Crippen molar-refractivity contribution >= 4 is 15.8 Å². The average molecular weight is 284 g/mol. The number of anilines is 1. The van der Waals surface area contributed by atoms with E-state index < -0.39 is 10.0 Å². The third-order valence-corrected chi connectivity index (χ3v) is 5.21. The van der Waals surface area contributed by atoms with E-state index >= 15 is 0 Å². The summed E-state index contributed by atoms with van der Waals surface area (Å²) in [7, 11) is -3.52. The van der Waals surface area contributed by atoms with E-state index in [-0.39, 0.29) is 16.4 Å². The van der Waals surface area contributed by atoms with Gasteiger partial charge in [-0.15, -0.1) is 0 Å². The minimum atomic E-state index is -3.52. The van der Waals surface area contributed by atoms with Crippen molar-refractivity contribution in [3.63, 3.8) is 0 Å². The highest BCUT2D eigenvalue weighted by Gasteiger charge is 2.37. The summed E-state index contributed by atoms with van der Waals surface area (Å²) in [6.45, 7) is 4.18. The Morgan fingerprint density at radius 3 is 2.63 bits per heavy atom. The zero-order valence-corrected chi connectivity index (χ0v) is 12.0. The van der Waals surface area contributed by atoms with E-state index in [2.05, 4.69) is 29.0 Å². The fourth-order valence-electron chi connectivity index (χ4n) is 2.43. The van der Waals surface area contributed by atoms with Crippen molar-refractivity contribution in [3.8, 4) is 0 Å². The van der Waals surface area contributed by atoms with E-state index in [1.54, 1.807) is 0 Å². The van der Waals surface area contributed by atoms with Gasteiger partial charge in [-0.2, -0.15) is 0 Å². The molecule has 1 saturated carbocycles. The number of nitrogen functional groups attached to an aromatic ring is 1. The van der Waals surface area contributed by atoms with Gasteiger partial charge in [0.25, 0.3) is 0 Å². The maximum absolute atomic E-state index is 12.3. The maximum atomic E-state index is 12.3. The van der Waals surface area contributed by atoms with Crippen molar-refractivity contribution in [2.75, 3.05) is 5.43 Å². The van der Waals surface area contributed by atoms with Crippen LogP contribution in [0.4, 0.5) is 5.82 Å². The van der Waals surface area contributed by atoms with Gasteiger partial charge < -0.3 is 5.43 Å². The highest BCUT2D eigenvalue weighted by Crippen LogP contribution is 2.37. The summed E-state index contributed by atoms with van der Waals surface area (Å²) in [5, 5.41) is 0. The third kappa shape index (κ3) is 3.05. The molecule has 1 atom stereocenters. The van der Waals surface area contributed by atoms with Crippen molar-refractivity contribution in [1.82, 2.24) is 9.71 Å². The monoisotopic (exact) mass is 284 g/mol. The van der Waals surface area contributed by atoms with Crippen molar-refractivity contribution in [2.24, 2.45) is 11.3 Å². The number of hydrogen-bond acceptors (Lipinski definition) is 5. The molecule has 106 valence electrons. The van der Waals surface area contributed by atoms with Gasteiger partial charge >= 0.3 is 0 Å². The molecule has 1 fully saturated rings. The van der Waals surface area contributed by atoms with Crippen LogP contribution >= 0.6 is 0 Å². The van der Waals surface area contributed by atoms with E-state index in [9.17, 15) is 8.42 Å². The van der Waals surface area contributed by atoms with Crippen molar-refractivity contribution < 1.29 is 8.42 Å². The first-order chi connectivity index (χ1) is 8.85. The Labute approximate surface area is 113 Å². The highest BCUT2D eigenvalue weighted by molar-refractivity contribution is 7.89. The number of hydrazine groups is 1. The lowest BCUT2D eigenvalue weighted by molar-refractivity contribution is 0.313. The molecular formula is C12H20N4O2S. The smallest absolute Gasteiger partial charge is 0.242 e. The second-order valence-electron chi connectivity index (χ2n) is 5.58. The molecule has 6 nitrogen and oxygen atoms in total. The van der Waals surface area contributed by atoms with E-state index in [4.69, 9.17) is 5.84 Å². The van der Waals surface area contributed by atoms with Crippen LogP contribution in [0.5, 0.6) is 0 Å². The van der Waals surface area contributed by atoms with E-state index in [0.29, 0.717) is 5.82 Å². The number of nitrogens with two attached hydrogens (primary N) is 1. The Kier molecular flexibility index (Phi) is 3.80. The van der Waals surface area contributed by atoms with Gasteiger partial charge in [0.2, 0.25) is 10.0 Å². The first-order valence-corrected chi connectivity index (χ1v) is 7.78. The predicted molar refractivity (Wildman–Crippen MR) is 73.8 cm³/mol. The zero-order valence-electron chi connectivity index (χ0n) is 11.2. The first kappa shape index (κ1) is 14.2. The Hall–Kier alpha value is -1.18. The summed E-state index contributed by atoms with van der Waals surface area (Å²) < 4.78 is 27.3. The zero-order chi connectivity index (χ0) is 14.1. The van der Waals surface area contributed by atoms with Crippen LogP contribution in [0.2, 0.25) is 0 Å². The number of nitrogens with one attached hydrogen (secondary N) is 2. The van der Waals surface area contributed by atoms with Crippen molar-refractivity contribution in [3.05, 3.63) is 18.3 Å². The summed E-state index contributed by atoms with van der Waals surface area (Å²) >= 11 is 0. The standard InChI is InChI=1S/C12H20N4O2S/c1-12(2)7-3-4-10(12)16-19(17,18)9-5-6-11(15-13)14-8-9/h5-6,8,10,16H,3-4,7,13H2,1-2H3,(H,14,15). The summed E-state index contributed by atoms with van der Waals surface area (Å²) in [5.41, 5.74) is 2.36. The van der Waals surface area contributed by atoms with Crippen LogP contribution in [-0.2, 0) is 10.0 Å². The number of hydrogen-bond donors (Lipinski definition) is 3. The molecule has 7 heteroatoms. The Balaban J connectivity index is 2.18. The minimum Gasteiger partial charge on any atom is -0.308 e. The summed E-state index contributed by atoms with van der Waals surface area (Å²) in [4.78, 5) is 4.08. The Morgan fingerprint density at radius 1 is 1.42 bits per heavy atom. The minimum absolute atomic E-state index is 0.000741. The predicted octanol–water partition coefficient (Wildman–Crippen LogP) is 1.22. The molecule has 19 heavy (non-hydrogen) atoms. The number of aromatic nitrogens is 1. The van der Waals surface area contributed by atoms with Gasteiger partial charge in [-0.1, -0.05) is 20.3 Å². The molecule has 1 aromatic rings. The van der Waals surface area contributed by atoms with Gasteiger partial charge in [0.15, 0.2) is 0 Å². The lowest BCUT2D eigenvalue weighted by Gasteiger charge is -2.27. The van der Waals surface area contributed by atoms with Gasteiger partial charge in [-0.25, -0.2) is 24.0 Å². The topological polar surface area (TPSA) is 97.1 Å². The summed E-state index contributed by atoms with van der Waals surface area (Å²) in [6, 6.07) is 3.01. The second-order valence-corrected chi connectivity index (χ2v) is 7.29. The lowest BCUT2D eigenvalue weighted by Crippen LogP contribution is -2.41. The van der Waals surface area contributed by atoms with E-state index in [1.807, 2.05) is 0 Å².